The first kappa shape index (κ1) is 11.3. The minimum Gasteiger partial charge on any atom is -0.244 e. The van der Waals surface area contributed by atoms with E-state index in [1.54, 1.807) is 6.20 Å². The zero-order chi connectivity index (χ0) is 13.2. The standard InChI is InChI=1S/C12H14N4O2S/c1-19(17,18)12-13-5-9-6-14-16(11(9)15-12)10-3-7-2-8(7)4-10/h5-8,10H,2-4H2,1H3. The summed E-state index contributed by atoms with van der Waals surface area (Å²) >= 11 is 0. The summed E-state index contributed by atoms with van der Waals surface area (Å²) in [6.45, 7) is 0. The average molecular weight is 278 g/mol. The molecule has 0 saturated heterocycles. The Hall–Kier alpha value is -1.50. The largest absolute Gasteiger partial charge is 0.248 e. The van der Waals surface area contributed by atoms with Crippen molar-refractivity contribution in [2.45, 2.75) is 30.5 Å². The summed E-state index contributed by atoms with van der Waals surface area (Å²) in [5.41, 5.74) is 0.640. The lowest BCUT2D eigenvalue weighted by molar-refractivity contribution is 0.435. The molecule has 100 valence electrons. The molecule has 2 saturated carbocycles. The van der Waals surface area contributed by atoms with Gasteiger partial charge in [-0.3, -0.25) is 0 Å². The number of fused-ring (bicyclic) bond motifs is 2. The number of rotatable bonds is 2. The summed E-state index contributed by atoms with van der Waals surface area (Å²) in [7, 11) is -3.38. The molecule has 7 heteroatoms. The van der Waals surface area contributed by atoms with Gasteiger partial charge in [-0.05, 0) is 31.1 Å². The lowest BCUT2D eigenvalue weighted by Crippen LogP contribution is -2.11. The van der Waals surface area contributed by atoms with E-state index in [2.05, 4.69) is 15.1 Å². The van der Waals surface area contributed by atoms with Gasteiger partial charge in [-0.15, -0.1) is 0 Å². The second-order valence-electron chi connectivity index (χ2n) is 5.67. The molecule has 0 spiro atoms. The molecule has 2 unspecified atom stereocenters. The van der Waals surface area contributed by atoms with E-state index < -0.39 is 9.84 Å². The van der Waals surface area contributed by atoms with Crippen LogP contribution in [0.1, 0.15) is 25.3 Å². The third-order valence-electron chi connectivity index (χ3n) is 4.21. The maximum absolute atomic E-state index is 11.5. The van der Waals surface area contributed by atoms with Crippen molar-refractivity contribution in [3.8, 4) is 0 Å². The van der Waals surface area contributed by atoms with E-state index in [0.717, 1.165) is 36.3 Å². The number of hydrogen-bond acceptors (Lipinski definition) is 5. The quantitative estimate of drug-likeness (QED) is 0.771. The van der Waals surface area contributed by atoms with Gasteiger partial charge in [0.1, 0.15) is 0 Å². The Kier molecular flexibility index (Phi) is 2.11. The molecule has 2 aliphatic rings. The highest BCUT2D eigenvalue weighted by atomic mass is 32.2. The Labute approximate surface area is 110 Å². The van der Waals surface area contributed by atoms with Crippen LogP contribution in [-0.2, 0) is 9.84 Å². The monoisotopic (exact) mass is 278 g/mol. The second kappa shape index (κ2) is 3.53. The van der Waals surface area contributed by atoms with Gasteiger partial charge in [-0.25, -0.2) is 18.1 Å². The van der Waals surface area contributed by atoms with Gasteiger partial charge < -0.3 is 0 Å². The maximum atomic E-state index is 11.5. The average Bonchev–Trinajstić information content (AvgIpc) is 2.82. The van der Waals surface area contributed by atoms with Gasteiger partial charge in [0, 0.05) is 12.5 Å². The topological polar surface area (TPSA) is 77.7 Å². The van der Waals surface area contributed by atoms with E-state index in [1.807, 2.05) is 4.68 Å². The predicted octanol–water partition coefficient (Wildman–Crippen LogP) is 1.20. The number of aromatic nitrogens is 4. The number of sulfone groups is 1. The molecule has 0 bridgehead atoms. The van der Waals surface area contributed by atoms with Crippen LogP contribution in [0.3, 0.4) is 0 Å². The van der Waals surface area contributed by atoms with E-state index in [9.17, 15) is 8.42 Å². The van der Waals surface area contributed by atoms with Gasteiger partial charge in [-0.2, -0.15) is 10.1 Å². The summed E-state index contributed by atoms with van der Waals surface area (Å²) in [6, 6.07) is 0.364. The van der Waals surface area contributed by atoms with Crippen molar-refractivity contribution >= 4 is 20.9 Å². The molecule has 2 aromatic heterocycles. The van der Waals surface area contributed by atoms with Crippen LogP contribution in [0, 0.1) is 11.8 Å². The van der Waals surface area contributed by atoms with Crippen molar-refractivity contribution in [2.24, 2.45) is 11.8 Å². The molecule has 0 amide bonds. The number of hydrogen-bond donors (Lipinski definition) is 0. The Balaban J connectivity index is 1.82. The predicted molar refractivity (Wildman–Crippen MR) is 68.3 cm³/mol. The molecule has 2 fully saturated rings. The van der Waals surface area contributed by atoms with E-state index in [-0.39, 0.29) is 5.16 Å². The third-order valence-corrected chi connectivity index (χ3v) is 5.07. The first-order valence-corrected chi connectivity index (χ1v) is 8.32. The molecular formula is C12H14N4O2S. The van der Waals surface area contributed by atoms with Crippen LogP contribution in [0.15, 0.2) is 17.6 Å². The Bertz CT molecular complexity index is 757. The maximum Gasteiger partial charge on any atom is 0.248 e. The normalized spacial score (nSPS) is 29.6. The fourth-order valence-electron chi connectivity index (χ4n) is 3.15. The first-order chi connectivity index (χ1) is 9.02. The lowest BCUT2D eigenvalue weighted by Gasteiger charge is -2.13. The fourth-order valence-corrected chi connectivity index (χ4v) is 3.65. The molecular weight excluding hydrogens is 264 g/mol. The van der Waals surface area contributed by atoms with Gasteiger partial charge in [-0.1, -0.05) is 0 Å². The summed E-state index contributed by atoms with van der Waals surface area (Å²) in [5, 5.41) is 5.05. The lowest BCUT2D eigenvalue weighted by atomic mass is 10.2. The Morgan fingerprint density at radius 3 is 2.63 bits per heavy atom. The highest BCUT2D eigenvalue weighted by molar-refractivity contribution is 7.90. The van der Waals surface area contributed by atoms with Crippen LogP contribution in [0.2, 0.25) is 0 Å². The van der Waals surface area contributed by atoms with Crippen LogP contribution in [0.4, 0.5) is 0 Å². The molecule has 0 radical (unpaired) electrons. The van der Waals surface area contributed by atoms with Gasteiger partial charge in [0.25, 0.3) is 0 Å². The minimum atomic E-state index is -3.38. The van der Waals surface area contributed by atoms with Crippen LogP contribution < -0.4 is 0 Å². The molecule has 0 aliphatic heterocycles. The number of nitrogens with zero attached hydrogens (tertiary/aromatic N) is 4. The van der Waals surface area contributed by atoms with Crippen molar-refractivity contribution in [3.63, 3.8) is 0 Å². The van der Waals surface area contributed by atoms with Crippen molar-refractivity contribution in [1.29, 1.82) is 0 Å². The van der Waals surface area contributed by atoms with Crippen molar-refractivity contribution in [2.75, 3.05) is 6.26 Å². The van der Waals surface area contributed by atoms with E-state index in [0.29, 0.717) is 11.7 Å². The summed E-state index contributed by atoms with van der Waals surface area (Å²) in [5.74, 6) is 1.70. The highest BCUT2D eigenvalue weighted by Gasteiger charge is 2.47. The van der Waals surface area contributed by atoms with Crippen LogP contribution in [0.5, 0.6) is 0 Å². The van der Waals surface area contributed by atoms with E-state index in [4.69, 9.17) is 0 Å². The van der Waals surface area contributed by atoms with Crippen LogP contribution in [0.25, 0.3) is 11.0 Å². The van der Waals surface area contributed by atoms with Crippen molar-refractivity contribution in [1.82, 2.24) is 19.7 Å². The molecule has 0 aromatic carbocycles. The van der Waals surface area contributed by atoms with Crippen molar-refractivity contribution in [3.05, 3.63) is 12.4 Å². The second-order valence-corrected chi connectivity index (χ2v) is 7.58. The van der Waals surface area contributed by atoms with E-state index in [1.165, 1.54) is 12.6 Å². The fraction of sp³-hybridized carbons (Fsp3) is 0.583. The Morgan fingerprint density at radius 2 is 1.95 bits per heavy atom. The Morgan fingerprint density at radius 1 is 1.21 bits per heavy atom. The van der Waals surface area contributed by atoms with Gasteiger partial charge >= 0.3 is 0 Å². The van der Waals surface area contributed by atoms with Crippen molar-refractivity contribution < 1.29 is 8.42 Å². The van der Waals surface area contributed by atoms with Crippen LogP contribution >= 0.6 is 0 Å². The zero-order valence-electron chi connectivity index (χ0n) is 10.5. The van der Waals surface area contributed by atoms with Gasteiger partial charge in [0.15, 0.2) is 5.65 Å². The van der Waals surface area contributed by atoms with Gasteiger partial charge in [0.2, 0.25) is 15.0 Å². The van der Waals surface area contributed by atoms with E-state index >= 15 is 0 Å². The van der Waals surface area contributed by atoms with Crippen LogP contribution in [-0.4, -0.2) is 34.4 Å². The summed E-state index contributed by atoms with van der Waals surface area (Å²) in [4.78, 5) is 8.08. The summed E-state index contributed by atoms with van der Waals surface area (Å²) < 4.78 is 25.0. The highest BCUT2D eigenvalue weighted by Crippen LogP contribution is 2.56. The molecule has 4 rings (SSSR count). The molecule has 19 heavy (non-hydrogen) atoms. The minimum absolute atomic E-state index is 0.120. The molecule has 2 aromatic rings. The third kappa shape index (κ3) is 1.75. The SMILES string of the molecule is CS(=O)(=O)c1ncc2cnn(C3CC4CC4C3)c2n1. The smallest absolute Gasteiger partial charge is 0.244 e. The first-order valence-electron chi connectivity index (χ1n) is 6.42. The molecule has 0 N–H and O–H groups in total. The molecule has 2 atom stereocenters. The summed E-state index contributed by atoms with van der Waals surface area (Å²) in [6.07, 6.45) is 8.00. The van der Waals surface area contributed by atoms with Gasteiger partial charge in [0.05, 0.1) is 17.6 Å². The molecule has 6 nitrogen and oxygen atoms in total. The molecule has 2 aliphatic carbocycles. The molecule has 2 heterocycles. The zero-order valence-corrected chi connectivity index (χ0v) is 11.3.